The van der Waals surface area contributed by atoms with Gasteiger partial charge >= 0.3 is 0 Å². The van der Waals surface area contributed by atoms with E-state index in [9.17, 15) is 8.42 Å². The van der Waals surface area contributed by atoms with Gasteiger partial charge in [0.15, 0.2) is 9.84 Å². The van der Waals surface area contributed by atoms with Crippen molar-refractivity contribution in [3.8, 4) is 0 Å². The smallest absolute Gasteiger partial charge is 0.184 e. The Labute approximate surface area is 121 Å². The van der Waals surface area contributed by atoms with Crippen LogP contribution in [0.4, 0.5) is 5.69 Å². The molecule has 2 aromatic rings. The van der Waals surface area contributed by atoms with Gasteiger partial charge in [0.25, 0.3) is 0 Å². The van der Waals surface area contributed by atoms with Gasteiger partial charge in [0.2, 0.25) is 0 Å². The van der Waals surface area contributed by atoms with E-state index in [4.69, 9.17) is 28.9 Å². The van der Waals surface area contributed by atoms with Crippen LogP contribution in [0.25, 0.3) is 0 Å². The normalized spacial score (nSPS) is 11.5. The summed E-state index contributed by atoms with van der Waals surface area (Å²) in [5.74, 6) is -0.239. The number of pyridine rings is 1. The minimum absolute atomic E-state index is 0.0496. The number of halogens is 2. The summed E-state index contributed by atoms with van der Waals surface area (Å²) < 4.78 is 24.5. The highest BCUT2D eigenvalue weighted by Gasteiger charge is 2.19. The maximum Gasteiger partial charge on any atom is 0.184 e. The fraction of sp³-hybridized carbons (Fsp3) is 0.0833. The highest BCUT2D eigenvalue weighted by atomic mass is 35.5. The molecule has 0 aliphatic rings. The zero-order valence-corrected chi connectivity index (χ0v) is 12.0. The van der Waals surface area contributed by atoms with Gasteiger partial charge in [-0.15, -0.1) is 0 Å². The second-order valence-electron chi connectivity index (χ2n) is 3.91. The summed E-state index contributed by atoms with van der Waals surface area (Å²) in [4.78, 5) is 3.81. The largest absolute Gasteiger partial charge is 0.396 e. The molecule has 2 rings (SSSR count). The second-order valence-corrected chi connectivity index (χ2v) is 6.71. The van der Waals surface area contributed by atoms with Gasteiger partial charge in [-0.25, -0.2) is 8.42 Å². The van der Waals surface area contributed by atoms with E-state index >= 15 is 0 Å². The molecule has 4 nitrogen and oxygen atoms in total. The molecule has 2 N–H and O–H groups in total. The molecule has 0 aliphatic heterocycles. The number of anilines is 1. The van der Waals surface area contributed by atoms with Gasteiger partial charge in [0, 0.05) is 16.2 Å². The third-order valence-corrected chi connectivity index (χ3v) is 4.83. The average Bonchev–Trinajstić information content (AvgIpc) is 2.33. The van der Waals surface area contributed by atoms with Crippen LogP contribution in [-0.2, 0) is 15.6 Å². The van der Waals surface area contributed by atoms with Crippen molar-refractivity contribution in [1.29, 1.82) is 0 Å². The molecule has 0 fully saturated rings. The topological polar surface area (TPSA) is 73.0 Å². The number of benzene rings is 1. The number of sulfone groups is 1. The zero-order chi connectivity index (χ0) is 14.0. The van der Waals surface area contributed by atoms with E-state index in [-0.39, 0.29) is 16.3 Å². The van der Waals surface area contributed by atoms with Crippen LogP contribution >= 0.6 is 23.2 Å². The van der Waals surface area contributed by atoms with Crippen LogP contribution in [0.3, 0.4) is 0 Å². The third kappa shape index (κ3) is 3.18. The lowest BCUT2D eigenvalue weighted by atomic mass is 10.2. The predicted molar refractivity (Wildman–Crippen MR) is 76.0 cm³/mol. The first kappa shape index (κ1) is 14.1. The molecule has 1 aromatic heterocycles. The van der Waals surface area contributed by atoms with Crippen LogP contribution in [0, 0.1) is 0 Å². The molecule has 0 radical (unpaired) electrons. The van der Waals surface area contributed by atoms with Gasteiger partial charge in [-0.2, -0.15) is 0 Å². The number of nitrogen functional groups attached to an aromatic ring is 1. The standard InChI is InChI=1S/C12H10Cl2N2O2S/c13-9-2-1-8(10(14)5-9)7-19(17,18)12-3-4-16-6-11(12)15/h1-6H,7,15H2. The lowest BCUT2D eigenvalue weighted by Gasteiger charge is -2.08. The molecule has 7 heteroatoms. The third-order valence-electron chi connectivity index (χ3n) is 2.51. The molecule has 100 valence electrons. The van der Waals surface area contributed by atoms with Crippen molar-refractivity contribution in [3.05, 3.63) is 52.3 Å². The number of hydrogen-bond acceptors (Lipinski definition) is 4. The monoisotopic (exact) mass is 316 g/mol. The molecular weight excluding hydrogens is 307 g/mol. The predicted octanol–water partition coefficient (Wildman–Crippen LogP) is 2.94. The maximum atomic E-state index is 12.3. The quantitative estimate of drug-likeness (QED) is 0.944. The van der Waals surface area contributed by atoms with Crippen molar-refractivity contribution in [2.75, 3.05) is 5.73 Å². The van der Waals surface area contributed by atoms with Crippen LogP contribution < -0.4 is 5.73 Å². The molecular formula is C12H10Cl2N2O2S. The fourth-order valence-corrected chi connectivity index (χ4v) is 3.65. The maximum absolute atomic E-state index is 12.3. The summed E-state index contributed by atoms with van der Waals surface area (Å²) in [5, 5.41) is 0.762. The number of aromatic nitrogens is 1. The van der Waals surface area contributed by atoms with E-state index < -0.39 is 9.84 Å². The molecule has 0 bridgehead atoms. The van der Waals surface area contributed by atoms with Gasteiger partial charge in [0.05, 0.1) is 22.5 Å². The Kier molecular flexibility index (Phi) is 3.99. The van der Waals surface area contributed by atoms with E-state index in [2.05, 4.69) is 4.98 Å². The molecule has 0 amide bonds. The van der Waals surface area contributed by atoms with Gasteiger partial charge in [-0.05, 0) is 23.8 Å². The molecule has 0 spiro atoms. The first-order valence-corrected chi connectivity index (χ1v) is 7.67. The highest BCUT2D eigenvalue weighted by Crippen LogP contribution is 2.26. The SMILES string of the molecule is Nc1cnccc1S(=O)(=O)Cc1ccc(Cl)cc1Cl. The molecule has 1 aromatic carbocycles. The molecule has 0 unspecified atom stereocenters. The van der Waals surface area contributed by atoms with Crippen LogP contribution in [0.5, 0.6) is 0 Å². The summed E-state index contributed by atoms with van der Waals surface area (Å²) in [6.07, 6.45) is 2.68. The van der Waals surface area contributed by atoms with Crippen molar-refractivity contribution in [1.82, 2.24) is 4.98 Å². The number of rotatable bonds is 3. The van der Waals surface area contributed by atoms with Crippen molar-refractivity contribution in [3.63, 3.8) is 0 Å². The first-order valence-electron chi connectivity index (χ1n) is 5.26. The summed E-state index contributed by atoms with van der Waals surface area (Å²) in [6.45, 7) is 0. The van der Waals surface area contributed by atoms with Gasteiger partial charge in [0.1, 0.15) is 0 Å². The number of hydrogen-bond donors (Lipinski definition) is 1. The van der Waals surface area contributed by atoms with Crippen molar-refractivity contribution >= 4 is 38.7 Å². The summed E-state index contributed by atoms with van der Waals surface area (Å²) in [6, 6.07) is 6.05. The first-order chi connectivity index (χ1) is 8.90. The highest BCUT2D eigenvalue weighted by molar-refractivity contribution is 7.90. The Morgan fingerprint density at radius 1 is 1.21 bits per heavy atom. The van der Waals surface area contributed by atoms with Crippen LogP contribution in [0.1, 0.15) is 5.56 Å². The minimum atomic E-state index is -3.57. The van der Waals surface area contributed by atoms with Crippen molar-refractivity contribution < 1.29 is 8.42 Å². The molecule has 19 heavy (non-hydrogen) atoms. The Morgan fingerprint density at radius 2 is 1.95 bits per heavy atom. The Morgan fingerprint density at radius 3 is 2.58 bits per heavy atom. The van der Waals surface area contributed by atoms with E-state index in [0.29, 0.717) is 15.6 Å². The molecule has 0 saturated carbocycles. The van der Waals surface area contributed by atoms with E-state index in [1.807, 2.05) is 0 Å². The summed E-state index contributed by atoms with van der Waals surface area (Å²) >= 11 is 11.7. The van der Waals surface area contributed by atoms with Crippen LogP contribution in [-0.4, -0.2) is 13.4 Å². The summed E-state index contributed by atoms with van der Waals surface area (Å²) in [7, 11) is -3.57. The molecule has 0 atom stereocenters. The Hall–Kier alpha value is -1.30. The molecule has 0 aliphatic carbocycles. The summed E-state index contributed by atoms with van der Waals surface area (Å²) in [5.41, 5.74) is 6.22. The van der Waals surface area contributed by atoms with Crippen molar-refractivity contribution in [2.24, 2.45) is 0 Å². The van der Waals surface area contributed by atoms with Gasteiger partial charge < -0.3 is 5.73 Å². The lowest BCUT2D eigenvalue weighted by Crippen LogP contribution is -2.08. The van der Waals surface area contributed by atoms with Crippen LogP contribution in [0.15, 0.2) is 41.6 Å². The van der Waals surface area contributed by atoms with E-state index in [1.54, 1.807) is 12.1 Å². The Bertz CT molecular complexity index is 717. The van der Waals surface area contributed by atoms with Crippen LogP contribution in [0.2, 0.25) is 10.0 Å². The molecule has 1 heterocycles. The average molecular weight is 317 g/mol. The van der Waals surface area contributed by atoms with Gasteiger partial charge in [-0.3, -0.25) is 4.98 Å². The zero-order valence-electron chi connectivity index (χ0n) is 9.68. The Balaban J connectivity index is 2.40. The number of nitrogens with two attached hydrogens (primary N) is 1. The lowest BCUT2D eigenvalue weighted by molar-refractivity contribution is 0.595. The van der Waals surface area contributed by atoms with Crippen molar-refractivity contribution in [2.45, 2.75) is 10.6 Å². The molecule has 0 saturated heterocycles. The van der Waals surface area contributed by atoms with E-state index in [1.165, 1.54) is 24.5 Å². The fourth-order valence-electron chi connectivity index (χ4n) is 1.60. The second kappa shape index (κ2) is 5.36. The van der Waals surface area contributed by atoms with E-state index in [0.717, 1.165) is 0 Å². The number of nitrogens with zero attached hydrogens (tertiary/aromatic N) is 1. The van der Waals surface area contributed by atoms with Gasteiger partial charge in [-0.1, -0.05) is 29.3 Å². The minimum Gasteiger partial charge on any atom is -0.396 e.